The van der Waals surface area contributed by atoms with Crippen LogP contribution in [-0.4, -0.2) is 24.7 Å². The number of alkyl halides is 4. The fourth-order valence-corrected chi connectivity index (χ4v) is 5.23. The van der Waals surface area contributed by atoms with Gasteiger partial charge in [-0.15, -0.1) is 0 Å². The van der Waals surface area contributed by atoms with Crippen LogP contribution in [0.1, 0.15) is 22.3 Å². The summed E-state index contributed by atoms with van der Waals surface area (Å²) in [6.45, 7) is 0. The van der Waals surface area contributed by atoms with Gasteiger partial charge < -0.3 is 0 Å². The summed E-state index contributed by atoms with van der Waals surface area (Å²) in [6, 6.07) is 5.59. The second-order valence-electron chi connectivity index (χ2n) is 9.82. The first-order valence-electron chi connectivity index (χ1n) is 12.6. The van der Waals surface area contributed by atoms with Gasteiger partial charge in [-0.2, -0.15) is 31.6 Å². The molecule has 0 saturated heterocycles. The van der Waals surface area contributed by atoms with Crippen LogP contribution in [0.15, 0.2) is 22.3 Å². The minimum Gasteiger partial charge on any atom is -0.243 e. The summed E-state index contributed by atoms with van der Waals surface area (Å²) in [4.78, 5) is 0. The molecule has 2 aliphatic carbocycles. The van der Waals surface area contributed by atoms with E-state index in [4.69, 9.17) is 15.8 Å². The van der Waals surface area contributed by atoms with E-state index in [2.05, 4.69) is 0 Å². The first-order chi connectivity index (χ1) is 22.6. The van der Waals surface area contributed by atoms with Crippen molar-refractivity contribution in [2.45, 2.75) is 24.7 Å². The Hall–Kier alpha value is -6.24. The summed E-state index contributed by atoms with van der Waals surface area (Å²) in [5, 5.41) is 56.2. The van der Waals surface area contributed by atoms with Gasteiger partial charge in [0.1, 0.15) is 53.7 Å². The van der Waals surface area contributed by atoms with Gasteiger partial charge in [0.25, 0.3) is 0 Å². The average Bonchev–Trinajstić information content (AvgIpc) is 3.78. The number of hydrogen-bond acceptors (Lipinski definition) is 6. The van der Waals surface area contributed by atoms with Crippen LogP contribution in [0.25, 0.3) is 11.1 Å². The average molecular weight is 678 g/mol. The van der Waals surface area contributed by atoms with Crippen LogP contribution in [0.4, 0.5) is 52.7 Å². The fraction of sp³-hybridized carbons (Fsp3) is 0.200. The molecule has 6 nitrogen and oxygen atoms in total. The van der Waals surface area contributed by atoms with Crippen molar-refractivity contribution < 1.29 is 52.7 Å². The van der Waals surface area contributed by atoms with E-state index < -0.39 is 139 Å². The minimum atomic E-state index is -3.31. The number of benzene rings is 2. The lowest BCUT2D eigenvalue weighted by Crippen LogP contribution is -2.52. The molecule has 4 rings (SSSR count). The van der Waals surface area contributed by atoms with Crippen molar-refractivity contribution in [1.82, 2.24) is 0 Å². The van der Waals surface area contributed by atoms with E-state index in [0.717, 1.165) is 36.4 Å². The molecule has 4 unspecified atom stereocenters. The Morgan fingerprint density at radius 1 is 0.438 bits per heavy atom. The van der Waals surface area contributed by atoms with E-state index in [-0.39, 0.29) is 0 Å². The van der Waals surface area contributed by atoms with Gasteiger partial charge in [-0.3, -0.25) is 0 Å². The molecule has 0 aliphatic heterocycles. The maximum atomic E-state index is 15.2. The minimum absolute atomic E-state index is 0.781. The smallest absolute Gasteiger partial charge is 0.180 e. The second kappa shape index (κ2) is 12.5. The summed E-state index contributed by atoms with van der Waals surface area (Å²) in [7, 11) is 0. The molecule has 0 heterocycles. The number of nitrogens with zero attached hydrogens (tertiary/aromatic N) is 6. The van der Waals surface area contributed by atoms with Crippen molar-refractivity contribution in [1.29, 1.82) is 31.6 Å². The summed E-state index contributed by atoms with van der Waals surface area (Å²) < 4.78 is 178. The molecule has 0 bridgehead atoms. The molecular weight excluding hydrogens is 672 g/mol. The zero-order valence-corrected chi connectivity index (χ0v) is 22.7. The third-order valence-electron chi connectivity index (χ3n) is 7.51. The highest BCUT2D eigenvalue weighted by Crippen LogP contribution is 2.58. The van der Waals surface area contributed by atoms with Crippen LogP contribution in [0, 0.1) is 126 Å². The van der Waals surface area contributed by atoms with E-state index >= 15 is 26.3 Å². The number of allylic oxidation sites excluding steroid dienone is 6. The summed E-state index contributed by atoms with van der Waals surface area (Å²) in [5.41, 5.74) is -16.8. The quantitative estimate of drug-likeness (QED) is 0.200. The van der Waals surface area contributed by atoms with Crippen LogP contribution in [0.3, 0.4) is 0 Å². The molecule has 0 N–H and O–H groups in total. The van der Waals surface area contributed by atoms with Crippen molar-refractivity contribution in [3.05, 3.63) is 91.1 Å². The summed E-state index contributed by atoms with van der Waals surface area (Å²) in [5.74, 6) is -25.2. The second-order valence-corrected chi connectivity index (χ2v) is 9.82. The summed E-state index contributed by atoms with van der Waals surface area (Å²) in [6.07, 6.45) is -13.0. The molecule has 2 fully saturated rings. The van der Waals surface area contributed by atoms with Crippen LogP contribution in [-0.2, 0) is 0 Å². The Bertz CT molecular complexity index is 1990. The molecule has 0 spiro atoms. The number of halogens is 12. The first kappa shape index (κ1) is 34.6. The number of hydrogen-bond donors (Lipinski definition) is 0. The topological polar surface area (TPSA) is 143 Å². The fourth-order valence-electron chi connectivity index (χ4n) is 5.23. The van der Waals surface area contributed by atoms with E-state index in [1.165, 1.54) is 0 Å². The monoisotopic (exact) mass is 678 g/mol. The van der Waals surface area contributed by atoms with Crippen LogP contribution >= 0.6 is 0 Å². The Balaban J connectivity index is 2.27. The number of nitriles is 6. The normalized spacial score (nSPS) is 26.1. The highest BCUT2D eigenvalue weighted by atomic mass is 19.2. The standard InChI is InChI=1S/C30H6F12N6/c31-19-10(4-46)20(32)26(38)16(25(19)37)7(1-43)13-14(8(2-44)17-27(39)21(33)11(5-47)22(34)28(17)40)15(13)9(3-45)18-29(41)23(35)12(6-48)24(36)30(18)42/h10,16,19-20,25-26H/b13-7?,14-8-,15-9+. The molecule has 2 aromatic carbocycles. The Kier molecular flexibility index (Phi) is 9.03. The molecule has 240 valence electrons. The van der Waals surface area contributed by atoms with Crippen molar-refractivity contribution in [2.24, 2.45) is 11.8 Å². The SMILES string of the molecule is N#CC(=C1C(=C(/C#N)c2c(F)c(F)c(C#N)c(F)c2F)/C1=C(/C#N)c1c(F)c(F)c(C#N)c(F)c1F)C1C(F)C(F)C(C#N)C(F)C1F. The molecule has 2 aliphatic rings. The Morgan fingerprint density at radius 2 is 0.771 bits per heavy atom. The van der Waals surface area contributed by atoms with Crippen molar-refractivity contribution >= 4 is 11.1 Å². The molecule has 4 atom stereocenters. The van der Waals surface area contributed by atoms with Crippen molar-refractivity contribution in [3.63, 3.8) is 0 Å². The molecule has 2 aromatic rings. The third-order valence-corrected chi connectivity index (χ3v) is 7.51. The lowest BCUT2D eigenvalue weighted by Gasteiger charge is -2.36. The van der Waals surface area contributed by atoms with Gasteiger partial charge in [-0.05, 0) is 0 Å². The largest absolute Gasteiger partial charge is 0.243 e. The van der Waals surface area contributed by atoms with Gasteiger partial charge in [-0.1, -0.05) is 0 Å². The molecule has 18 heteroatoms. The van der Waals surface area contributed by atoms with Crippen molar-refractivity contribution in [3.8, 4) is 36.4 Å². The molecule has 0 amide bonds. The zero-order chi connectivity index (χ0) is 36.1. The van der Waals surface area contributed by atoms with Gasteiger partial charge >= 0.3 is 0 Å². The third kappa shape index (κ3) is 4.78. The van der Waals surface area contributed by atoms with Gasteiger partial charge in [0.15, 0.2) is 58.9 Å². The predicted molar refractivity (Wildman–Crippen MR) is 132 cm³/mol. The van der Waals surface area contributed by atoms with E-state index in [9.17, 15) is 42.1 Å². The molecule has 0 radical (unpaired) electrons. The Morgan fingerprint density at radius 3 is 1.02 bits per heavy atom. The van der Waals surface area contributed by atoms with Crippen LogP contribution in [0.2, 0.25) is 0 Å². The molecular formula is C30H6F12N6. The summed E-state index contributed by atoms with van der Waals surface area (Å²) >= 11 is 0. The zero-order valence-electron chi connectivity index (χ0n) is 22.7. The molecule has 48 heavy (non-hydrogen) atoms. The van der Waals surface area contributed by atoms with Crippen LogP contribution < -0.4 is 0 Å². The molecule has 2 saturated carbocycles. The van der Waals surface area contributed by atoms with Gasteiger partial charge in [0.05, 0.1) is 40.3 Å². The lowest BCUT2D eigenvalue weighted by atomic mass is 9.73. The van der Waals surface area contributed by atoms with E-state index in [0.29, 0.717) is 0 Å². The highest BCUT2D eigenvalue weighted by Gasteiger charge is 2.57. The number of rotatable bonds is 3. The first-order valence-corrected chi connectivity index (χ1v) is 12.6. The highest BCUT2D eigenvalue weighted by molar-refractivity contribution is 6.07. The van der Waals surface area contributed by atoms with Crippen molar-refractivity contribution in [2.75, 3.05) is 0 Å². The predicted octanol–water partition coefficient (Wildman–Crippen LogP) is 6.75. The van der Waals surface area contributed by atoms with Gasteiger partial charge in [0.2, 0.25) is 0 Å². The van der Waals surface area contributed by atoms with Gasteiger partial charge in [0, 0.05) is 22.3 Å². The van der Waals surface area contributed by atoms with Crippen LogP contribution in [0.5, 0.6) is 0 Å². The molecule has 0 aromatic heterocycles. The van der Waals surface area contributed by atoms with E-state index in [1.807, 2.05) is 0 Å². The Labute approximate surface area is 259 Å². The maximum Gasteiger partial charge on any atom is 0.180 e. The van der Waals surface area contributed by atoms with Gasteiger partial charge in [-0.25, -0.2) is 52.7 Å². The van der Waals surface area contributed by atoms with E-state index in [1.54, 1.807) is 0 Å². The lowest BCUT2D eigenvalue weighted by molar-refractivity contribution is -0.0469. The maximum absolute atomic E-state index is 15.2.